The highest BCUT2D eigenvalue weighted by atomic mass is 35.5. The van der Waals surface area contributed by atoms with Gasteiger partial charge in [-0.1, -0.05) is 35.5 Å². The Bertz CT molecular complexity index is 670. The number of anilines is 1. The van der Waals surface area contributed by atoms with Gasteiger partial charge in [0.25, 0.3) is 0 Å². The number of nitrogens with two attached hydrogens (primary N) is 1. The van der Waals surface area contributed by atoms with Crippen LogP contribution in [0.5, 0.6) is 5.75 Å². The van der Waals surface area contributed by atoms with Gasteiger partial charge in [-0.15, -0.1) is 0 Å². The SMILES string of the molecule is C[B]c1cnc(N)c(OC(C)c2c(Cl)ccc(F)c2Cl)c1. The van der Waals surface area contributed by atoms with E-state index >= 15 is 0 Å². The van der Waals surface area contributed by atoms with Gasteiger partial charge in [-0.2, -0.15) is 0 Å². The molecule has 0 bridgehead atoms. The number of benzene rings is 1. The van der Waals surface area contributed by atoms with Crippen LogP contribution in [0.3, 0.4) is 0 Å². The fourth-order valence-electron chi connectivity index (χ4n) is 1.89. The molecule has 0 aliphatic heterocycles. The lowest BCUT2D eigenvalue weighted by molar-refractivity contribution is 0.227. The van der Waals surface area contributed by atoms with Crippen LogP contribution in [0.15, 0.2) is 24.4 Å². The minimum atomic E-state index is -0.572. The number of pyridine rings is 1. The van der Waals surface area contributed by atoms with Crippen LogP contribution in [0, 0.1) is 5.82 Å². The number of nitrogen functional groups attached to an aromatic ring is 1. The van der Waals surface area contributed by atoms with Crippen molar-refractivity contribution in [3.05, 3.63) is 45.8 Å². The average molecular weight is 326 g/mol. The predicted octanol–water partition coefficient (Wildman–Crippen LogP) is 3.63. The number of aromatic nitrogens is 1. The molecule has 0 saturated heterocycles. The van der Waals surface area contributed by atoms with Gasteiger partial charge in [0.2, 0.25) is 0 Å². The molecule has 1 unspecified atom stereocenters. The second-order valence-corrected chi connectivity index (χ2v) is 5.24. The van der Waals surface area contributed by atoms with E-state index in [1.54, 1.807) is 19.2 Å². The molecule has 21 heavy (non-hydrogen) atoms. The molecule has 0 fully saturated rings. The van der Waals surface area contributed by atoms with Crippen LogP contribution < -0.4 is 15.9 Å². The summed E-state index contributed by atoms with van der Waals surface area (Å²) in [7, 11) is 1.87. The number of ether oxygens (including phenoxy) is 1. The van der Waals surface area contributed by atoms with Gasteiger partial charge in [-0.3, -0.25) is 0 Å². The Kier molecular flexibility index (Phi) is 4.96. The zero-order valence-corrected chi connectivity index (χ0v) is 13.0. The van der Waals surface area contributed by atoms with Gasteiger partial charge in [0, 0.05) is 16.8 Å². The smallest absolute Gasteiger partial charge is 0.166 e. The maximum absolute atomic E-state index is 13.6. The molecule has 0 saturated carbocycles. The first-order valence-electron chi connectivity index (χ1n) is 6.29. The van der Waals surface area contributed by atoms with Crippen molar-refractivity contribution >= 4 is 41.8 Å². The third kappa shape index (κ3) is 3.42. The van der Waals surface area contributed by atoms with E-state index in [0.717, 1.165) is 5.46 Å². The normalized spacial score (nSPS) is 12.0. The van der Waals surface area contributed by atoms with Gasteiger partial charge in [0.1, 0.15) is 11.9 Å². The quantitative estimate of drug-likeness (QED) is 0.689. The number of hydrogen-bond donors (Lipinski definition) is 1. The van der Waals surface area contributed by atoms with Crippen molar-refractivity contribution in [1.82, 2.24) is 4.98 Å². The zero-order valence-electron chi connectivity index (χ0n) is 11.5. The van der Waals surface area contributed by atoms with Crippen LogP contribution >= 0.6 is 23.2 Å². The van der Waals surface area contributed by atoms with Crippen molar-refractivity contribution < 1.29 is 9.13 Å². The second-order valence-electron chi connectivity index (χ2n) is 4.46. The lowest BCUT2D eigenvalue weighted by atomic mass is 9.74. The van der Waals surface area contributed by atoms with Crippen LogP contribution in [-0.2, 0) is 0 Å². The largest absolute Gasteiger partial charge is 0.482 e. The molecule has 2 N–H and O–H groups in total. The molecule has 1 atom stereocenters. The highest BCUT2D eigenvalue weighted by Gasteiger charge is 2.19. The molecule has 0 spiro atoms. The second kappa shape index (κ2) is 6.54. The molecule has 1 heterocycles. The lowest BCUT2D eigenvalue weighted by Crippen LogP contribution is -2.15. The molecule has 2 rings (SSSR count). The fraction of sp³-hybridized carbons (Fsp3) is 0.214. The first-order chi connectivity index (χ1) is 9.93. The maximum Gasteiger partial charge on any atom is 0.166 e. The zero-order chi connectivity index (χ0) is 15.6. The Hall–Kier alpha value is -1.46. The predicted molar refractivity (Wildman–Crippen MR) is 85.4 cm³/mol. The van der Waals surface area contributed by atoms with Crippen molar-refractivity contribution in [2.75, 3.05) is 5.73 Å². The summed E-state index contributed by atoms with van der Waals surface area (Å²) in [5, 5.41) is 0.276. The summed E-state index contributed by atoms with van der Waals surface area (Å²) >= 11 is 12.0. The van der Waals surface area contributed by atoms with Gasteiger partial charge in [-0.25, -0.2) is 9.37 Å². The van der Waals surface area contributed by atoms with Crippen LogP contribution in [0.1, 0.15) is 18.6 Å². The number of hydrogen-bond acceptors (Lipinski definition) is 3. The van der Waals surface area contributed by atoms with Crippen LogP contribution in [0.2, 0.25) is 16.9 Å². The molecule has 1 aromatic heterocycles. The molecule has 1 aromatic carbocycles. The molecule has 2 aromatic rings. The van der Waals surface area contributed by atoms with Crippen LogP contribution in [0.4, 0.5) is 10.2 Å². The van der Waals surface area contributed by atoms with Crippen molar-refractivity contribution in [3.8, 4) is 5.75 Å². The summed E-state index contributed by atoms with van der Waals surface area (Å²) in [4.78, 5) is 4.04. The lowest BCUT2D eigenvalue weighted by Gasteiger charge is -2.19. The van der Waals surface area contributed by atoms with Gasteiger partial charge in [0.05, 0.1) is 5.02 Å². The summed E-state index contributed by atoms with van der Waals surface area (Å²) in [5.74, 6) is 0.0962. The summed E-state index contributed by atoms with van der Waals surface area (Å²) in [5.41, 5.74) is 7.03. The molecule has 1 radical (unpaired) electrons. The minimum Gasteiger partial charge on any atom is -0.482 e. The Morgan fingerprint density at radius 1 is 1.38 bits per heavy atom. The Morgan fingerprint density at radius 3 is 2.76 bits per heavy atom. The Labute approximate surface area is 133 Å². The van der Waals surface area contributed by atoms with E-state index in [1.807, 2.05) is 14.1 Å². The number of rotatable bonds is 4. The van der Waals surface area contributed by atoms with E-state index in [2.05, 4.69) is 4.98 Å². The summed E-state index contributed by atoms with van der Waals surface area (Å²) in [6.07, 6.45) is 1.06. The van der Waals surface area contributed by atoms with Crippen LogP contribution in [-0.4, -0.2) is 12.3 Å². The van der Waals surface area contributed by atoms with Gasteiger partial charge < -0.3 is 10.5 Å². The van der Waals surface area contributed by atoms with E-state index in [1.165, 1.54) is 12.1 Å². The summed E-state index contributed by atoms with van der Waals surface area (Å²) in [6.45, 7) is 3.59. The molecule has 0 aliphatic carbocycles. The molecule has 109 valence electrons. The van der Waals surface area contributed by atoms with Crippen molar-refractivity contribution in [3.63, 3.8) is 0 Å². The monoisotopic (exact) mass is 325 g/mol. The van der Waals surface area contributed by atoms with E-state index in [4.69, 9.17) is 33.7 Å². The topological polar surface area (TPSA) is 48.1 Å². The van der Waals surface area contributed by atoms with Gasteiger partial charge >= 0.3 is 0 Å². The van der Waals surface area contributed by atoms with Crippen molar-refractivity contribution in [1.29, 1.82) is 0 Å². The molecular formula is C14H13BCl2FN2O. The summed E-state index contributed by atoms with van der Waals surface area (Å²) < 4.78 is 19.3. The standard InChI is InChI=1S/C14H13BCl2FN2O/c1-7(12-9(16)3-4-10(18)13(12)17)21-11-5-8(15-2)6-20-14(11)19/h3-7H,1-2H3,(H2,19,20). The summed E-state index contributed by atoms with van der Waals surface area (Å²) in [6, 6.07) is 4.40. The number of halogens is 3. The third-order valence-corrected chi connectivity index (χ3v) is 3.74. The van der Waals surface area contributed by atoms with Gasteiger partial charge in [-0.05, 0) is 25.1 Å². The molecule has 7 heteroatoms. The number of nitrogens with zero attached hydrogens (tertiary/aromatic N) is 1. The fourth-order valence-corrected chi connectivity index (χ4v) is 2.57. The van der Waals surface area contributed by atoms with E-state index in [-0.39, 0.29) is 10.8 Å². The van der Waals surface area contributed by atoms with E-state index in [9.17, 15) is 4.39 Å². The Morgan fingerprint density at radius 2 is 2.10 bits per heavy atom. The first-order valence-corrected chi connectivity index (χ1v) is 7.04. The maximum atomic E-state index is 13.6. The van der Waals surface area contributed by atoms with Crippen molar-refractivity contribution in [2.45, 2.75) is 19.9 Å². The van der Waals surface area contributed by atoms with E-state index in [0.29, 0.717) is 16.3 Å². The molecule has 3 nitrogen and oxygen atoms in total. The molecular weight excluding hydrogens is 313 g/mol. The van der Waals surface area contributed by atoms with Crippen molar-refractivity contribution in [2.24, 2.45) is 0 Å². The Balaban J connectivity index is 2.34. The third-order valence-electron chi connectivity index (χ3n) is 3.03. The first kappa shape index (κ1) is 15.9. The van der Waals surface area contributed by atoms with Crippen LogP contribution in [0.25, 0.3) is 0 Å². The molecule has 0 amide bonds. The highest BCUT2D eigenvalue weighted by molar-refractivity contribution is 6.51. The average Bonchev–Trinajstić information content (AvgIpc) is 2.46. The van der Waals surface area contributed by atoms with E-state index < -0.39 is 11.9 Å². The van der Waals surface area contributed by atoms with Gasteiger partial charge in [0.15, 0.2) is 18.8 Å². The molecule has 0 aliphatic rings. The minimum absolute atomic E-state index is 0.0558. The highest BCUT2D eigenvalue weighted by Crippen LogP contribution is 2.35.